The van der Waals surface area contributed by atoms with Crippen LogP contribution in [-0.2, 0) is 9.84 Å². The molecular formula is C17H19NO3S. The Hall–Kier alpha value is -2.11. The molecule has 0 spiro atoms. The summed E-state index contributed by atoms with van der Waals surface area (Å²) in [6.07, 6.45) is 4.81. The van der Waals surface area contributed by atoms with Gasteiger partial charge in [-0.25, -0.2) is 8.42 Å². The molecule has 0 saturated heterocycles. The van der Waals surface area contributed by atoms with E-state index in [1.54, 1.807) is 61.5 Å². The first-order valence-corrected chi connectivity index (χ1v) is 8.43. The van der Waals surface area contributed by atoms with Crippen molar-refractivity contribution in [1.29, 1.82) is 0 Å². The summed E-state index contributed by atoms with van der Waals surface area (Å²) in [5, 5.41) is 3.14. The van der Waals surface area contributed by atoms with Gasteiger partial charge in [0, 0.05) is 6.54 Å². The highest BCUT2D eigenvalue weighted by molar-refractivity contribution is 7.95. The third kappa shape index (κ3) is 3.37. The molecule has 2 aromatic rings. The summed E-state index contributed by atoms with van der Waals surface area (Å²) in [5.41, 5.74) is 0. The lowest BCUT2D eigenvalue weighted by Crippen LogP contribution is -2.26. The average molecular weight is 317 g/mol. The van der Waals surface area contributed by atoms with E-state index in [1.807, 2.05) is 0 Å². The predicted octanol–water partition coefficient (Wildman–Crippen LogP) is 3.47. The number of nitrogens with one attached hydrogen (secondary N) is 1. The van der Waals surface area contributed by atoms with Crippen LogP contribution < -0.4 is 5.32 Å². The van der Waals surface area contributed by atoms with Gasteiger partial charge in [0.1, 0.15) is 11.8 Å². The topological polar surface area (TPSA) is 59.3 Å². The van der Waals surface area contributed by atoms with Gasteiger partial charge < -0.3 is 4.42 Å². The van der Waals surface area contributed by atoms with E-state index in [0.29, 0.717) is 12.3 Å². The number of benzene rings is 1. The molecule has 0 amide bonds. The van der Waals surface area contributed by atoms with Crippen LogP contribution in [0.5, 0.6) is 0 Å². The largest absolute Gasteiger partial charge is 0.467 e. The molecule has 0 radical (unpaired) electrons. The second-order valence-corrected chi connectivity index (χ2v) is 6.60. The maximum atomic E-state index is 12.9. The van der Waals surface area contributed by atoms with Gasteiger partial charge in [-0.2, -0.15) is 0 Å². The molecule has 4 nitrogen and oxygen atoms in total. The van der Waals surface area contributed by atoms with E-state index in [4.69, 9.17) is 4.42 Å². The Morgan fingerprint density at radius 2 is 2.00 bits per heavy atom. The van der Waals surface area contributed by atoms with E-state index in [1.165, 1.54) is 6.26 Å². The first-order chi connectivity index (χ1) is 10.6. The molecule has 0 bridgehead atoms. The fraction of sp³-hybridized carbons (Fsp3) is 0.176. The summed E-state index contributed by atoms with van der Waals surface area (Å²) in [7, 11) is -3.60. The van der Waals surface area contributed by atoms with E-state index < -0.39 is 15.9 Å². The summed E-state index contributed by atoms with van der Waals surface area (Å²) in [6, 6.07) is 11.3. The Kier molecular flexibility index (Phi) is 5.35. The molecule has 5 heteroatoms. The summed E-state index contributed by atoms with van der Waals surface area (Å²) in [6.45, 7) is 5.83. The lowest BCUT2D eigenvalue weighted by molar-refractivity contribution is 0.456. The summed E-state index contributed by atoms with van der Waals surface area (Å²) in [5.74, 6) is 0.550. The second-order valence-electron chi connectivity index (χ2n) is 4.65. The van der Waals surface area contributed by atoms with Crippen molar-refractivity contribution in [3.63, 3.8) is 0 Å². The number of rotatable bonds is 7. The summed E-state index contributed by atoms with van der Waals surface area (Å²) in [4.78, 5) is 0.524. The summed E-state index contributed by atoms with van der Waals surface area (Å²) < 4.78 is 31.2. The van der Waals surface area contributed by atoms with Crippen molar-refractivity contribution in [3.8, 4) is 0 Å². The van der Waals surface area contributed by atoms with Gasteiger partial charge in [-0.15, -0.1) is 6.58 Å². The average Bonchev–Trinajstić information content (AvgIpc) is 3.06. The molecule has 0 fully saturated rings. The minimum atomic E-state index is -3.60. The van der Waals surface area contributed by atoms with Crippen molar-refractivity contribution < 1.29 is 12.8 Å². The van der Waals surface area contributed by atoms with Crippen molar-refractivity contribution >= 4 is 9.84 Å². The molecule has 0 aliphatic carbocycles. The van der Waals surface area contributed by atoms with Gasteiger partial charge in [0.15, 0.2) is 0 Å². The number of hydrogen-bond acceptors (Lipinski definition) is 4. The number of furan rings is 1. The highest BCUT2D eigenvalue weighted by Crippen LogP contribution is 2.30. The van der Waals surface area contributed by atoms with Crippen LogP contribution in [0.25, 0.3) is 0 Å². The predicted molar refractivity (Wildman–Crippen MR) is 87.0 cm³/mol. The van der Waals surface area contributed by atoms with E-state index >= 15 is 0 Å². The smallest absolute Gasteiger partial charge is 0.204 e. The van der Waals surface area contributed by atoms with Gasteiger partial charge in [-0.3, -0.25) is 5.32 Å². The fourth-order valence-corrected chi connectivity index (χ4v) is 3.82. The number of hydrogen-bond donors (Lipinski definition) is 1. The molecule has 1 heterocycles. The monoisotopic (exact) mass is 317 g/mol. The fourth-order valence-electron chi connectivity index (χ4n) is 2.21. The molecule has 1 aromatic heterocycles. The second kappa shape index (κ2) is 7.24. The van der Waals surface area contributed by atoms with Gasteiger partial charge in [0.25, 0.3) is 0 Å². The molecular weight excluding hydrogens is 298 g/mol. The third-order valence-electron chi connectivity index (χ3n) is 3.23. The molecule has 1 N–H and O–H groups in total. The van der Waals surface area contributed by atoms with Gasteiger partial charge in [-0.05, 0) is 31.2 Å². The van der Waals surface area contributed by atoms with Crippen LogP contribution in [0.15, 0.2) is 81.7 Å². The maximum Gasteiger partial charge on any atom is 0.204 e. The zero-order chi connectivity index (χ0) is 16.0. The molecule has 116 valence electrons. The molecule has 0 aliphatic rings. The maximum absolute atomic E-state index is 12.9. The van der Waals surface area contributed by atoms with Crippen LogP contribution in [0, 0.1) is 0 Å². The van der Waals surface area contributed by atoms with Crippen LogP contribution in [0.3, 0.4) is 0 Å². The van der Waals surface area contributed by atoms with Gasteiger partial charge >= 0.3 is 0 Å². The van der Waals surface area contributed by atoms with Crippen LogP contribution >= 0.6 is 0 Å². The number of sulfone groups is 1. The van der Waals surface area contributed by atoms with Crippen LogP contribution in [0.2, 0.25) is 0 Å². The Balaban J connectivity index is 2.46. The quantitative estimate of drug-likeness (QED) is 0.794. The minimum Gasteiger partial charge on any atom is -0.467 e. The van der Waals surface area contributed by atoms with E-state index in [0.717, 1.165) is 0 Å². The van der Waals surface area contributed by atoms with Crippen molar-refractivity contribution in [3.05, 3.63) is 78.1 Å². The van der Waals surface area contributed by atoms with Crippen LogP contribution in [0.4, 0.5) is 0 Å². The normalized spacial score (nSPS) is 13.8. The van der Waals surface area contributed by atoms with Crippen molar-refractivity contribution in [1.82, 2.24) is 5.32 Å². The Labute approximate surface area is 131 Å². The Bertz CT molecular complexity index is 731. The molecule has 0 aliphatic heterocycles. The minimum absolute atomic E-state index is 0.260. The van der Waals surface area contributed by atoms with Gasteiger partial charge in [0.05, 0.1) is 16.1 Å². The summed E-state index contributed by atoms with van der Waals surface area (Å²) >= 11 is 0. The van der Waals surface area contributed by atoms with Crippen molar-refractivity contribution in [2.75, 3.05) is 6.54 Å². The molecule has 2 rings (SSSR count). The molecule has 22 heavy (non-hydrogen) atoms. The molecule has 1 aromatic carbocycles. The first kappa shape index (κ1) is 16.3. The van der Waals surface area contributed by atoms with Gasteiger partial charge in [0.2, 0.25) is 9.84 Å². The molecule has 0 unspecified atom stereocenters. The molecule has 0 saturated carbocycles. The van der Waals surface area contributed by atoms with E-state index in [-0.39, 0.29) is 9.80 Å². The standard InChI is InChI=1S/C17H19NO3S/c1-3-12-18-17(15-11-8-13-21-15)16(4-2)22(19,20)14-9-6-5-7-10-14/h3-11,13,17-18H,1,12H2,2H3/b16-4+/t17-/m1/s1. The van der Waals surface area contributed by atoms with E-state index in [2.05, 4.69) is 11.9 Å². The Morgan fingerprint density at radius 1 is 1.27 bits per heavy atom. The zero-order valence-corrected chi connectivity index (χ0v) is 13.2. The molecule has 1 atom stereocenters. The van der Waals surface area contributed by atoms with Crippen LogP contribution in [0.1, 0.15) is 18.7 Å². The lowest BCUT2D eigenvalue weighted by atomic mass is 10.2. The zero-order valence-electron chi connectivity index (χ0n) is 12.4. The highest BCUT2D eigenvalue weighted by atomic mass is 32.2. The van der Waals surface area contributed by atoms with Gasteiger partial charge in [-0.1, -0.05) is 30.4 Å². The highest BCUT2D eigenvalue weighted by Gasteiger charge is 2.29. The van der Waals surface area contributed by atoms with Crippen molar-refractivity contribution in [2.24, 2.45) is 0 Å². The van der Waals surface area contributed by atoms with E-state index in [9.17, 15) is 8.42 Å². The van der Waals surface area contributed by atoms with Crippen molar-refractivity contribution in [2.45, 2.75) is 17.9 Å². The SMILES string of the molecule is C=CCN[C@@H](/C(=C\C)S(=O)(=O)c1ccccc1)c1ccco1. The third-order valence-corrected chi connectivity index (χ3v) is 5.21. The first-order valence-electron chi connectivity index (χ1n) is 6.95. The number of allylic oxidation sites excluding steroid dienone is 1. The Morgan fingerprint density at radius 3 is 2.55 bits per heavy atom. The van der Waals surface area contributed by atoms with Crippen LogP contribution in [-0.4, -0.2) is 15.0 Å². The lowest BCUT2D eigenvalue weighted by Gasteiger charge is -2.19.